The first-order valence-electron chi connectivity index (χ1n) is 7.05. The highest BCUT2D eigenvalue weighted by atomic mass is 16.2. The molecule has 0 aliphatic carbocycles. The van der Waals surface area contributed by atoms with Crippen molar-refractivity contribution >= 4 is 16.8 Å². The fourth-order valence-electron chi connectivity index (χ4n) is 2.86. The summed E-state index contributed by atoms with van der Waals surface area (Å²) in [6.45, 7) is 4.15. The molecule has 0 radical (unpaired) electrons. The number of likely N-dealkylation sites (tertiary alicyclic amines) is 1. The molecule has 1 aliphatic heterocycles. The maximum atomic E-state index is 12.7. The molecule has 0 spiro atoms. The first kappa shape index (κ1) is 13.1. The molecule has 4 heteroatoms. The van der Waals surface area contributed by atoms with Gasteiger partial charge in [-0.05, 0) is 37.9 Å². The maximum Gasteiger partial charge on any atom is 0.254 e. The van der Waals surface area contributed by atoms with E-state index in [1.165, 1.54) is 0 Å². The SMILES string of the molecule is Cc1cc(C(=O)N2CCC(CN)C2)c2ccccc2n1. The number of hydrogen-bond donors (Lipinski definition) is 1. The van der Waals surface area contributed by atoms with E-state index in [2.05, 4.69) is 4.98 Å². The minimum absolute atomic E-state index is 0.0997. The van der Waals surface area contributed by atoms with Crippen LogP contribution >= 0.6 is 0 Å². The lowest BCUT2D eigenvalue weighted by molar-refractivity contribution is 0.0789. The normalized spacial score (nSPS) is 18.7. The van der Waals surface area contributed by atoms with Crippen LogP contribution in [0.25, 0.3) is 10.9 Å². The minimum atomic E-state index is 0.0997. The number of rotatable bonds is 2. The van der Waals surface area contributed by atoms with Crippen molar-refractivity contribution in [1.29, 1.82) is 0 Å². The molecule has 20 heavy (non-hydrogen) atoms. The molecule has 1 saturated heterocycles. The third-order valence-electron chi connectivity index (χ3n) is 3.98. The molecule has 3 rings (SSSR count). The second-order valence-electron chi connectivity index (χ2n) is 5.47. The Labute approximate surface area is 118 Å². The maximum absolute atomic E-state index is 12.7. The van der Waals surface area contributed by atoms with Crippen LogP contribution in [0.2, 0.25) is 0 Å². The van der Waals surface area contributed by atoms with E-state index in [0.717, 1.165) is 41.7 Å². The van der Waals surface area contributed by atoms with Gasteiger partial charge in [0.25, 0.3) is 5.91 Å². The Bertz CT molecular complexity index is 653. The van der Waals surface area contributed by atoms with Crippen LogP contribution < -0.4 is 5.73 Å². The van der Waals surface area contributed by atoms with E-state index in [1.807, 2.05) is 42.2 Å². The van der Waals surface area contributed by atoms with E-state index in [9.17, 15) is 4.79 Å². The van der Waals surface area contributed by atoms with Gasteiger partial charge in [0.2, 0.25) is 0 Å². The summed E-state index contributed by atoms with van der Waals surface area (Å²) >= 11 is 0. The van der Waals surface area contributed by atoms with Crippen molar-refractivity contribution in [3.8, 4) is 0 Å². The Balaban J connectivity index is 1.99. The first-order valence-corrected chi connectivity index (χ1v) is 7.05. The Morgan fingerprint density at radius 2 is 2.25 bits per heavy atom. The fourth-order valence-corrected chi connectivity index (χ4v) is 2.86. The highest BCUT2D eigenvalue weighted by molar-refractivity contribution is 6.06. The van der Waals surface area contributed by atoms with Crippen LogP contribution in [0.15, 0.2) is 30.3 Å². The molecule has 1 aromatic heterocycles. The summed E-state index contributed by atoms with van der Waals surface area (Å²) in [5, 5.41) is 0.930. The summed E-state index contributed by atoms with van der Waals surface area (Å²) in [5.74, 6) is 0.538. The average molecular weight is 269 g/mol. The lowest BCUT2D eigenvalue weighted by Gasteiger charge is -2.17. The minimum Gasteiger partial charge on any atom is -0.338 e. The molecule has 1 fully saturated rings. The zero-order valence-corrected chi connectivity index (χ0v) is 11.7. The summed E-state index contributed by atoms with van der Waals surface area (Å²) in [5.41, 5.74) is 8.21. The number of nitrogens with zero attached hydrogens (tertiary/aromatic N) is 2. The Kier molecular flexibility index (Phi) is 3.40. The van der Waals surface area contributed by atoms with E-state index in [-0.39, 0.29) is 5.91 Å². The lowest BCUT2D eigenvalue weighted by atomic mass is 10.1. The topological polar surface area (TPSA) is 59.2 Å². The highest BCUT2D eigenvalue weighted by Gasteiger charge is 2.27. The van der Waals surface area contributed by atoms with Gasteiger partial charge in [0.1, 0.15) is 0 Å². The zero-order chi connectivity index (χ0) is 14.1. The molecular formula is C16H19N3O. The average Bonchev–Trinajstić information content (AvgIpc) is 2.94. The molecule has 1 atom stereocenters. The standard InChI is InChI=1S/C16H19N3O/c1-11-8-14(13-4-2-3-5-15(13)18-11)16(20)19-7-6-12(9-17)10-19/h2-5,8,12H,6-7,9-10,17H2,1H3. The summed E-state index contributed by atoms with van der Waals surface area (Å²) < 4.78 is 0. The number of hydrogen-bond acceptors (Lipinski definition) is 3. The van der Waals surface area contributed by atoms with Gasteiger partial charge >= 0.3 is 0 Å². The molecule has 1 aliphatic rings. The van der Waals surface area contributed by atoms with Gasteiger partial charge in [-0.1, -0.05) is 18.2 Å². The number of carbonyl (C=O) groups is 1. The molecule has 2 aromatic rings. The Hall–Kier alpha value is -1.94. The third kappa shape index (κ3) is 2.27. The van der Waals surface area contributed by atoms with Crippen LogP contribution in [-0.2, 0) is 0 Å². The summed E-state index contributed by atoms with van der Waals surface area (Å²) in [6, 6.07) is 9.70. The number of nitrogens with two attached hydrogens (primary N) is 1. The van der Waals surface area contributed by atoms with Crippen molar-refractivity contribution in [1.82, 2.24) is 9.88 Å². The van der Waals surface area contributed by atoms with Gasteiger partial charge in [0.05, 0.1) is 11.1 Å². The van der Waals surface area contributed by atoms with Crippen molar-refractivity contribution in [2.24, 2.45) is 11.7 Å². The molecule has 104 valence electrons. The van der Waals surface area contributed by atoms with Crippen molar-refractivity contribution in [2.75, 3.05) is 19.6 Å². The lowest BCUT2D eigenvalue weighted by Crippen LogP contribution is -2.30. The van der Waals surface area contributed by atoms with Crippen molar-refractivity contribution in [2.45, 2.75) is 13.3 Å². The third-order valence-corrected chi connectivity index (χ3v) is 3.98. The van der Waals surface area contributed by atoms with Crippen molar-refractivity contribution in [3.05, 3.63) is 41.6 Å². The number of aromatic nitrogens is 1. The van der Waals surface area contributed by atoms with Gasteiger partial charge < -0.3 is 10.6 Å². The zero-order valence-electron chi connectivity index (χ0n) is 11.7. The first-order chi connectivity index (χ1) is 9.69. The fraction of sp³-hybridized carbons (Fsp3) is 0.375. The Morgan fingerprint density at radius 1 is 1.45 bits per heavy atom. The van der Waals surface area contributed by atoms with Crippen LogP contribution in [0.3, 0.4) is 0 Å². The van der Waals surface area contributed by atoms with Gasteiger partial charge in [-0.15, -0.1) is 0 Å². The van der Waals surface area contributed by atoms with Crippen molar-refractivity contribution in [3.63, 3.8) is 0 Å². The second kappa shape index (κ2) is 5.21. The van der Waals surface area contributed by atoms with Gasteiger partial charge in [-0.2, -0.15) is 0 Å². The molecule has 4 nitrogen and oxygen atoms in total. The number of pyridine rings is 1. The smallest absolute Gasteiger partial charge is 0.254 e. The van der Waals surface area contributed by atoms with E-state index >= 15 is 0 Å². The van der Waals surface area contributed by atoms with Crippen molar-refractivity contribution < 1.29 is 4.79 Å². The summed E-state index contributed by atoms with van der Waals surface area (Å²) in [4.78, 5) is 19.1. The molecule has 0 bridgehead atoms. The number of benzene rings is 1. The molecule has 0 saturated carbocycles. The van der Waals surface area contributed by atoms with Crippen LogP contribution in [0, 0.1) is 12.8 Å². The number of para-hydroxylation sites is 1. The van der Waals surface area contributed by atoms with Crippen LogP contribution in [-0.4, -0.2) is 35.4 Å². The number of aryl methyl sites for hydroxylation is 1. The van der Waals surface area contributed by atoms with Gasteiger partial charge in [-0.3, -0.25) is 9.78 Å². The molecule has 2 heterocycles. The summed E-state index contributed by atoms with van der Waals surface area (Å²) in [6.07, 6.45) is 1.00. The predicted octanol–water partition coefficient (Wildman–Crippen LogP) is 1.96. The molecule has 2 N–H and O–H groups in total. The Morgan fingerprint density at radius 3 is 3.00 bits per heavy atom. The van der Waals surface area contributed by atoms with E-state index in [0.29, 0.717) is 12.5 Å². The molecule has 1 aromatic carbocycles. The number of carbonyl (C=O) groups excluding carboxylic acids is 1. The van der Waals surface area contributed by atoms with Crippen LogP contribution in [0.1, 0.15) is 22.5 Å². The second-order valence-corrected chi connectivity index (χ2v) is 5.47. The van der Waals surface area contributed by atoms with Gasteiger partial charge in [0, 0.05) is 24.2 Å². The monoisotopic (exact) mass is 269 g/mol. The van der Waals surface area contributed by atoms with Crippen LogP contribution in [0.4, 0.5) is 0 Å². The predicted molar refractivity (Wildman–Crippen MR) is 79.5 cm³/mol. The van der Waals surface area contributed by atoms with E-state index < -0.39 is 0 Å². The van der Waals surface area contributed by atoms with Gasteiger partial charge in [0.15, 0.2) is 0 Å². The highest BCUT2D eigenvalue weighted by Crippen LogP contribution is 2.23. The van der Waals surface area contributed by atoms with E-state index in [1.54, 1.807) is 0 Å². The van der Waals surface area contributed by atoms with Crippen LogP contribution in [0.5, 0.6) is 0 Å². The summed E-state index contributed by atoms with van der Waals surface area (Å²) in [7, 11) is 0. The number of amides is 1. The molecular weight excluding hydrogens is 250 g/mol. The number of fused-ring (bicyclic) bond motifs is 1. The van der Waals surface area contributed by atoms with Gasteiger partial charge in [-0.25, -0.2) is 0 Å². The largest absolute Gasteiger partial charge is 0.338 e. The quantitative estimate of drug-likeness (QED) is 0.906. The van der Waals surface area contributed by atoms with E-state index in [4.69, 9.17) is 5.73 Å². The molecule has 1 amide bonds. The molecule has 1 unspecified atom stereocenters.